The Balaban J connectivity index is 1.63. The zero-order chi connectivity index (χ0) is 21.5. The molecule has 1 unspecified atom stereocenters. The summed E-state index contributed by atoms with van der Waals surface area (Å²) in [4.78, 5) is 14.4. The summed E-state index contributed by atoms with van der Waals surface area (Å²) in [5.74, 6) is -0.0615. The van der Waals surface area contributed by atoms with Crippen molar-refractivity contribution in [2.45, 2.75) is 45.4 Å². The number of nitrogens with two attached hydrogens (primary N) is 1. The lowest BCUT2D eigenvalue weighted by Gasteiger charge is -2.35. The maximum absolute atomic E-state index is 14.8. The monoisotopic (exact) mass is 408 g/mol. The molecule has 0 radical (unpaired) electrons. The van der Waals surface area contributed by atoms with Crippen LogP contribution in [0.2, 0.25) is 0 Å². The topological polar surface area (TPSA) is 60.7 Å². The zero-order valence-corrected chi connectivity index (χ0v) is 17.9. The third kappa shape index (κ3) is 5.06. The van der Waals surface area contributed by atoms with Gasteiger partial charge in [0.15, 0.2) is 5.82 Å². The molecule has 0 aliphatic carbocycles. The van der Waals surface area contributed by atoms with E-state index in [1.807, 2.05) is 50.2 Å². The van der Waals surface area contributed by atoms with Gasteiger partial charge in [0, 0.05) is 25.2 Å². The maximum Gasteiger partial charge on any atom is 0.318 e. The van der Waals surface area contributed by atoms with E-state index in [1.54, 1.807) is 11.4 Å². The minimum Gasteiger partial charge on any atom is -0.369 e. The molecule has 1 atom stereocenters. The van der Waals surface area contributed by atoms with Crippen molar-refractivity contribution in [3.8, 4) is 6.07 Å². The van der Waals surface area contributed by atoms with Gasteiger partial charge in [-0.15, -0.1) is 0 Å². The van der Waals surface area contributed by atoms with E-state index in [0.717, 1.165) is 44.3 Å². The first-order valence-electron chi connectivity index (χ1n) is 10.9. The summed E-state index contributed by atoms with van der Waals surface area (Å²) in [5.41, 5.74) is 2.26. The quantitative estimate of drug-likeness (QED) is 0.686. The van der Waals surface area contributed by atoms with Gasteiger partial charge in [-0.2, -0.15) is 5.26 Å². The van der Waals surface area contributed by atoms with E-state index in [1.165, 1.54) is 6.07 Å². The number of carbonyl (C=O) groups is 1. The molecular weight excluding hydrogens is 377 g/mol. The van der Waals surface area contributed by atoms with Crippen LogP contribution in [0.15, 0.2) is 48.5 Å². The molecule has 1 amide bonds. The van der Waals surface area contributed by atoms with Crippen molar-refractivity contribution in [1.82, 2.24) is 0 Å². The highest BCUT2D eigenvalue weighted by molar-refractivity contribution is 5.71. The second-order valence-corrected chi connectivity index (χ2v) is 8.11. The fraction of sp³-hybridized carbons (Fsp3) is 0.440. The summed E-state index contributed by atoms with van der Waals surface area (Å²) in [6.45, 7) is 5.45. The lowest BCUT2D eigenvalue weighted by molar-refractivity contribution is -0.487. The molecule has 158 valence electrons. The maximum atomic E-state index is 14.8. The highest BCUT2D eigenvalue weighted by Gasteiger charge is 2.29. The molecule has 30 heavy (non-hydrogen) atoms. The van der Waals surface area contributed by atoms with Crippen molar-refractivity contribution in [2.24, 2.45) is 11.8 Å². The molecule has 3 rings (SSSR count). The number of benzene rings is 2. The molecule has 1 aliphatic heterocycles. The van der Waals surface area contributed by atoms with Crippen LogP contribution < -0.4 is 10.2 Å². The van der Waals surface area contributed by atoms with Crippen molar-refractivity contribution >= 4 is 17.3 Å². The van der Waals surface area contributed by atoms with Gasteiger partial charge in [0.25, 0.3) is 0 Å². The van der Waals surface area contributed by atoms with Gasteiger partial charge in [-0.3, -0.25) is 5.32 Å². The summed E-state index contributed by atoms with van der Waals surface area (Å²) in [6, 6.07) is 17.5. The number of piperidine rings is 1. The Morgan fingerprint density at radius 2 is 1.83 bits per heavy atom. The van der Waals surface area contributed by atoms with Gasteiger partial charge < -0.3 is 4.90 Å². The number of anilines is 1. The molecule has 0 aromatic heterocycles. The summed E-state index contributed by atoms with van der Waals surface area (Å²) >= 11 is 0. The molecule has 0 spiro atoms. The first-order valence-corrected chi connectivity index (χ1v) is 10.9. The van der Waals surface area contributed by atoms with Crippen LogP contribution >= 0.6 is 0 Å². The van der Waals surface area contributed by atoms with E-state index in [4.69, 9.17) is 0 Å². The van der Waals surface area contributed by atoms with Crippen molar-refractivity contribution in [3.05, 3.63) is 59.9 Å². The van der Waals surface area contributed by atoms with Crippen molar-refractivity contribution < 1.29 is 14.5 Å². The van der Waals surface area contributed by atoms with E-state index < -0.39 is 0 Å². The predicted molar refractivity (Wildman–Crippen MR) is 117 cm³/mol. The van der Waals surface area contributed by atoms with Crippen LogP contribution in [0, 0.1) is 29.0 Å². The minimum atomic E-state index is -0.292. The number of quaternary nitrogens is 1. The highest BCUT2D eigenvalue weighted by atomic mass is 19.1. The number of hydrogen-bond donors (Lipinski definition) is 1. The highest BCUT2D eigenvalue weighted by Crippen LogP contribution is 2.34. The molecule has 0 bridgehead atoms. The molecule has 2 aromatic rings. The van der Waals surface area contributed by atoms with Crippen LogP contribution in [0.25, 0.3) is 0 Å². The molecule has 1 aliphatic rings. The third-order valence-electron chi connectivity index (χ3n) is 6.32. The third-order valence-corrected chi connectivity index (χ3v) is 6.32. The summed E-state index contributed by atoms with van der Waals surface area (Å²) in [7, 11) is 0. The first-order chi connectivity index (χ1) is 14.6. The lowest BCUT2D eigenvalue weighted by Crippen LogP contribution is -2.83. The molecule has 1 heterocycles. The van der Waals surface area contributed by atoms with Gasteiger partial charge in [0.1, 0.15) is 5.69 Å². The SMILES string of the molecule is CCC(CC)C(=O)[NH2+]c1ccc(N2CCC(C(C#N)c3ccccc3)CC2)c(F)c1. The first kappa shape index (κ1) is 22.0. The van der Waals surface area contributed by atoms with Gasteiger partial charge in [0.2, 0.25) is 0 Å². The van der Waals surface area contributed by atoms with Crippen molar-refractivity contribution in [1.29, 1.82) is 5.26 Å². The van der Waals surface area contributed by atoms with Crippen LogP contribution in [0.1, 0.15) is 51.0 Å². The van der Waals surface area contributed by atoms with Crippen LogP contribution in [0.5, 0.6) is 0 Å². The smallest absolute Gasteiger partial charge is 0.318 e. The van der Waals surface area contributed by atoms with Gasteiger partial charge in [-0.05, 0) is 43.2 Å². The predicted octanol–water partition coefficient (Wildman–Crippen LogP) is 4.51. The Morgan fingerprint density at radius 1 is 1.17 bits per heavy atom. The van der Waals surface area contributed by atoms with Gasteiger partial charge in [-0.1, -0.05) is 44.2 Å². The number of carbonyl (C=O) groups excluding carboxylic acids is 1. The lowest BCUT2D eigenvalue weighted by atomic mass is 9.81. The molecular formula is C25H31FN3O+. The number of nitriles is 1. The fourth-order valence-corrected chi connectivity index (χ4v) is 4.43. The molecule has 4 nitrogen and oxygen atoms in total. The van der Waals surface area contributed by atoms with Gasteiger partial charge in [-0.25, -0.2) is 9.18 Å². The van der Waals surface area contributed by atoms with E-state index in [-0.39, 0.29) is 29.5 Å². The molecule has 2 N–H and O–H groups in total. The number of amides is 1. The Hall–Kier alpha value is -2.71. The standard InChI is InChI=1S/C25H30FN3O/c1-3-18(4-2)25(30)28-21-10-11-24(23(26)16-21)29-14-12-20(13-15-29)22(17-27)19-8-6-5-7-9-19/h5-11,16,18,20,22H,3-4,12-15H2,1-2H3,(H,28,30)/p+1. The van der Waals surface area contributed by atoms with Crippen LogP contribution in [0.3, 0.4) is 0 Å². The Morgan fingerprint density at radius 3 is 2.40 bits per heavy atom. The number of hydrogen-bond acceptors (Lipinski definition) is 3. The largest absolute Gasteiger partial charge is 0.369 e. The molecule has 1 fully saturated rings. The van der Waals surface area contributed by atoms with E-state index in [9.17, 15) is 14.4 Å². The Kier molecular flexibility index (Phi) is 7.59. The van der Waals surface area contributed by atoms with Gasteiger partial charge in [0.05, 0.1) is 23.6 Å². The van der Waals surface area contributed by atoms with Crippen LogP contribution in [-0.4, -0.2) is 19.0 Å². The van der Waals surface area contributed by atoms with E-state index in [2.05, 4.69) is 11.0 Å². The summed E-state index contributed by atoms with van der Waals surface area (Å²) in [5, 5.41) is 11.2. The number of halogens is 1. The molecule has 5 heteroatoms. The normalized spacial score (nSPS) is 15.8. The number of nitrogens with zero attached hydrogens (tertiary/aromatic N) is 2. The number of primary amides is 1. The second kappa shape index (κ2) is 10.4. The average Bonchev–Trinajstić information content (AvgIpc) is 2.77. The van der Waals surface area contributed by atoms with Crippen molar-refractivity contribution in [3.63, 3.8) is 0 Å². The second-order valence-electron chi connectivity index (χ2n) is 8.11. The minimum absolute atomic E-state index is 0.00413. The molecule has 2 aromatic carbocycles. The van der Waals surface area contributed by atoms with Gasteiger partial charge >= 0.3 is 5.91 Å². The fourth-order valence-electron chi connectivity index (χ4n) is 4.43. The zero-order valence-electron chi connectivity index (χ0n) is 17.9. The number of rotatable bonds is 7. The van der Waals surface area contributed by atoms with Crippen LogP contribution in [0.4, 0.5) is 15.8 Å². The molecule has 1 saturated heterocycles. The summed E-state index contributed by atoms with van der Waals surface area (Å²) in [6.07, 6.45) is 3.31. The van der Waals surface area contributed by atoms with Crippen LogP contribution in [-0.2, 0) is 4.79 Å². The Labute approximate surface area is 178 Å². The molecule has 0 saturated carbocycles. The van der Waals surface area contributed by atoms with E-state index in [0.29, 0.717) is 11.4 Å². The average molecular weight is 409 g/mol. The van der Waals surface area contributed by atoms with Crippen molar-refractivity contribution in [2.75, 3.05) is 18.0 Å². The van der Waals surface area contributed by atoms with E-state index >= 15 is 0 Å². The Bertz CT molecular complexity index is 881. The summed E-state index contributed by atoms with van der Waals surface area (Å²) < 4.78 is 14.8.